The van der Waals surface area contributed by atoms with Gasteiger partial charge in [-0.25, -0.2) is 0 Å². The predicted octanol–water partition coefficient (Wildman–Crippen LogP) is 4.73. The molecule has 0 N–H and O–H groups in total. The minimum Gasteiger partial charge on any atom is -0.353 e. The average molecular weight is 305 g/mol. The molecule has 0 bridgehead atoms. The van der Waals surface area contributed by atoms with Crippen LogP contribution in [0.2, 0.25) is 0 Å². The summed E-state index contributed by atoms with van der Waals surface area (Å²) in [5.41, 5.74) is 9.55. The molecule has 0 amide bonds. The van der Waals surface area contributed by atoms with Crippen LogP contribution < -0.4 is 9.80 Å². The van der Waals surface area contributed by atoms with Crippen LogP contribution in [-0.2, 0) is 0 Å². The van der Waals surface area contributed by atoms with Crippen molar-refractivity contribution in [2.75, 3.05) is 16.8 Å². The first kappa shape index (κ1) is 15.4. The summed E-state index contributed by atoms with van der Waals surface area (Å²) in [6, 6.07) is 10.5. The van der Waals surface area contributed by atoms with E-state index in [4.69, 9.17) is 0 Å². The highest BCUT2D eigenvalue weighted by atomic mass is 15.4. The van der Waals surface area contributed by atoms with Crippen LogP contribution >= 0.6 is 0 Å². The van der Waals surface area contributed by atoms with Gasteiger partial charge in [0.2, 0.25) is 0 Å². The van der Waals surface area contributed by atoms with E-state index in [1.165, 1.54) is 33.6 Å². The SMILES string of the molecule is Cc1cc(N2c3cc(C#N)ccc3N(C)[C@@H]2C)c(C)c(C)c1C. The highest BCUT2D eigenvalue weighted by Gasteiger charge is 2.33. The van der Waals surface area contributed by atoms with Crippen molar-refractivity contribution in [3.8, 4) is 6.07 Å². The predicted molar refractivity (Wildman–Crippen MR) is 96.6 cm³/mol. The van der Waals surface area contributed by atoms with Gasteiger partial charge in [0.25, 0.3) is 0 Å². The van der Waals surface area contributed by atoms with Crippen molar-refractivity contribution in [3.05, 3.63) is 52.1 Å². The number of anilines is 3. The monoisotopic (exact) mass is 305 g/mol. The molecule has 23 heavy (non-hydrogen) atoms. The van der Waals surface area contributed by atoms with Crippen molar-refractivity contribution >= 4 is 17.1 Å². The highest BCUT2D eigenvalue weighted by Crippen LogP contribution is 2.45. The molecule has 3 nitrogen and oxygen atoms in total. The minimum absolute atomic E-state index is 0.221. The Labute approximate surface area is 138 Å². The summed E-state index contributed by atoms with van der Waals surface area (Å²) in [7, 11) is 2.11. The Balaban J connectivity index is 2.25. The molecule has 1 aliphatic rings. The highest BCUT2D eigenvalue weighted by molar-refractivity contribution is 5.85. The number of benzene rings is 2. The summed E-state index contributed by atoms with van der Waals surface area (Å²) in [6.07, 6.45) is 0.221. The topological polar surface area (TPSA) is 30.3 Å². The normalized spacial score (nSPS) is 16.5. The average Bonchev–Trinajstić information content (AvgIpc) is 2.80. The molecule has 0 fully saturated rings. The van der Waals surface area contributed by atoms with Crippen molar-refractivity contribution in [1.29, 1.82) is 5.26 Å². The van der Waals surface area contributed by atoms with E-state index in [9.17, 15) is 5.26 Å². The quantitative estimate of drug-likeness (QED) is 0.763. The van der Waals surface area contributed by atoms with Crippen LogP contribution in [0.5, 0.6) is 0 Å². The summed E-state index contributed by atoms with van der Waals surface area (Å²) in [6.45, 7) is 10.9. The third-order valence-corrected chi connectivity index (χ3v) is 5.39. The lowest BCUT2D eigenvalue weighted by atomic mass is 9.97. The molecule has 2 aromatic rings. The number of rotatable bonds is 1. The second-order valence-electron chi connectivity index (χ2n) is 6.52. The van der Waals surface area contributed by atoms with Gasteiger partial charge in [-0.05, 0) is 81.1 Å². The Morgan fingerprint density at radius 2 is 1.61 bits per heavy atom. The van der Waals surface area contributed by atoms with E-state index in [-0.39, 0.29) is 6.17 Å². The molecule has 1 atom stereocenters. The number of nitrogens with zero attached hydrogens (tertiary/aromatic N) is 3. The number of aryl methyl sites for hydroxylation is 1. The first-order valence-electron chi connectivity index (χ1n) is 8.00. The van der Waals surface area contributed by atoms with Crippen LogP contribution in [-0.4, -0.2) is 13.2 Å². The molecule has 0 saturated carbocycles. The van der Waals surface area contributed by atoms with Crippen LogP contribution in [0.15, 0.2) is 24.3 Å². The maximum atomic E-state index is 9.25. The molecule has 118 valence electrons. The van der Waals surface area contributed by atoms with E-state index < -0.39 is 0 Å². The first-order valence-corrected chi connectivity index (χ1v) is 8.00. The van der Waals surface area contributed by atoms with Crippen LogP contribution in [0.1, 0.15) is 34.7 Å². The summed E-state index contributed by atoms with van der Waals surface area (Å²) in [4.78, 5) is 4.62. The molecule has 1 aliphatic heterocycles. The maximum Gasteiger partial charge on any atom is 0.103 e. The molecule has 0 saturated heterocycles. The number of hydrogen-bond donors (Lipinski definition) is 0. The Morgan fingerprint density at radius 3 is 2.26 bits per heavy atom. The Kier molecular flexibility index (Phi) is 3.56. The molecule has 0 aliphatic carbocycles. The summed E-state index contributed by atoms with van der Waals surface area (Å²) < 4.78 is 0. The van der Waals surface area contributed by atoms with Crippen molar-refractivity contribution in [1.82, 2.24) is 0 Å². The standard InChI is InChI=1S/C20H23N3/c1-12-9-19(15(4)14(3)13(12)2)23-16(5)22(6)18-8-7-17(11-21)10-20(18)23/h7-10,16H,1-6H3/t16-/m0/s1. The van der Waals surface area contributed by atoms with Gasteiger partial charge in [0, 0.05) is 12.7 Å². The van der Waals surface area contributed by atoms with Crippen LogP contribution in [0, 0.1) is 39.0 Å². The molecule has 2 aromatic carbocycles. The van der Waals surface area contributed by atoms with Gasteiger partial charge in [-0.2, -0.15) is 5.26 Å². The van der Waals surface area contributed by atoms with E-state index >= 15 is 0 Å². The van der Waals surface area contributed by atoms with Crippen molar-refractivity contribution in [2.24, 2.45) is 0 Å². The van der Waals surface area contributed by atoms with Gasteiger partial charge in [0.1, 0.15) is 6.17 Å². The van der Waals surface area contributed by atoms with Crippen LogP contribution in [0.4, 0.5) is 17.1 Å². The fourth-order valence-corrected chi connectivity index (χ4v) is 3.43. The van der Waals surface area contributed by atoms with E-state index in [0.29, 0.717) is 5.56 Å². The number of fused-ring (bicyclic) bond motifs is 1. The smallest absolute Gasteiger partial charge is 0.103 e. The molecule has 1 heterocycles. The Bertz CT molecular complexity index is 830. The molecule has 0 unspecified atom stereocenters. The van der Waals surface area contributed by atoms with E-state index in [2.05, 4.69) is 63.6 Å². The largest absolute Gasteiger partial charge is 0.353 e. The summed E-state index contributed by atoms with van der Waals surface area (Å²) in [5, 5.41) is 9.25. The lowest BCUT2D eigenvalue weighted by molar-refractivity contribution is 0.732. The lowest BCUT2D eigenvalue weighted by Gasteiger charge is -2.30. The molecule has 0 spiro atoms. The lowest BCUT2D eigenvalue weighted by Crippen LogP contribution is -2.36. The second-order valence-corrected chi connectivity index (χ2v) is 6.52. The zero-order valence-corrected chi connectivity index (χ0v) is 14.7. The third kappa shape index (κ3) is 2.17. The van der Waals surface area contributed by atoms with E-state index in [1.54, 1.807) is 0 Å². The van der Waals surface area contributed by atoms with Gasteiger partial charge >= 0.3 is 0 Å². The van der Waals surface area contributed by atoms with Gasteiger partial charge in [-0.15, -0.1) is 0 Å². The van der Waals surface area contributed by atoms with Crippen molar-refractivity contribution in [2.45, 2.75) is 40.8 Å². The molecular formula is C20H23N3. The van der Waals surface area contributed by atoms with Crippen LogP contribution in [0.3, 0.4) is 0 Å². The van der Waals surface area contributed by atoms with Gasteiger partial charge in [-0.3, -0.25) is 0 Å². The molecule has 0 aromatic heterocycles. The van der Waals surface area contributed by atoms with Gasteiger partial charge in [0.05, 0.1) is 23.0 Å². The Hall–Kier alpha value is -2.47. The second kappa shape index (κ2) is 5.31. The zero-order valence-electron chi connectivity index (χ0n) is 14.7. The van der Waals surface area contributed by atoms with Crippen LogP contribution in [0.25, 0.3) is 0 Å². The maximum absolute atomic E-state index is 9.25. The molecule has 3 rings (SSSR count). The van der Waals surface area contributed by atoms with Gasteiger partial charge in [-0.1, -0.05) is 0 Å². The molecular weight excluding hydrogens is 282 g/mol. The van der Waals surface area contributed by atoms with E-state index in [1.807, 2.05) is 18.2 Å². The first-order chi connectivity index (χ1) is 10.9. The summed E-state index contributed by atoms with van der Waals surface area (Å²) in [5.74, 6) is 0. The fraction of sp³-hybridized carbons (Fsp3) is 0.350. The number of hydrogen-bond acceptors (Lipinski definition) is 3. The van der Waals surface area contributed by atoms with E-state index in [0.717, 1.165) is 5.69 Å². The fourth-order valence-electron chi connectivity index (χ4n) is 3.43. The molecule has 0 radical (unpaired) electrons. The zero-order chi connectivity index (χ0) is 16.9. The molecule has 3 heteroatoms. The van der Waals surface area contributed by atoms with Gasteiger partial charge < -0.3 is 9.80 Å². The van der Waals surface area contributed by atoms with Gasteiger partial charge in [0.15, 0.2) is 0 Å². The van der Waals surface area contributed by atoms with Crippen molar-refractivity contribution < 1.29 is 0 Å². The van der Waals surface area contributed by atoms with Crippen molar-refractivity contribution in [3.63, 3.8) is 0 Å². The summed E-state index contributed by atoms with van der Waals surface area (Å²) >= 11 is 0. The Morgan fingerprint density at radius 1 is 0.913 bits per heavy atom. The third-order valence-electron chi connectivity index (χ3n) is 5.39. The number of nitriles is 1. The minimum atomic E-state index is 0.221.